The zero-order chi connectivity index (χ0) is 18.5. The van der Waals surface area contributed by atoms with Crippen LogP contribution in [0.25, 0.3) is 0 Å². The van der Waals surface area contributed by atoms with Gasteiger partial charge < -0.3 is 14.5 Å². The van der Waals surface area contributed by atoms with Gasteiger partial charge in [0.05, 0.1) is 6.61 Å². The first-order valence-corrected chi connectivity index (χ1v) is 10.5. The quantitative estimate of drug-likeness (QED) is 0.750. The Morgan fingerprint density at radius 1 is 1.12 bits per heavy atom. The van der Waals surface area contributed by atoms with Crippen LogP contribution in [0.4, 0.5) is 4.79 Å². The highest BCUT2D eigenvalue weighted by atomic mass is 16.6. The molecule has 2 aliphatic carbocycles. The third kappa shape index (κ3) is 2.90. The monoisotopic (exact) mass is 363 g/mol. The van der Waals surface area contributed by atoms with Crippen molar-refractivity contribution in [1.82, 2.24) is 14.7 Å². The SMILES string of the molecule is CCOC(=O)N1CCC2(CC(N3C[C@@H]4[C@H](C3)[C@@H]4C(=O)N(CC)CC)C2)C1. The molecule has 2 amide bonds. The van der Waals surface area contributed by atoms with Crippen LogP contribution in [0.2, 0.25) is 0 Å². The molecule has 26 heavy (non-hydrogen) atoms. The van der Waals surface area contributed by atoms with Crippen LogP contribution < -0.4 is 0 Å². The highest BCUT2D eigenvalue weighted by Crippen LogP contribution is 2.57. The lowest BCUT2D eigenvalue weighted by atomic mass is 9.64. The van der Waals surface area contributed by atoms with E-state index in [1.807, 2.05) is 16.7 Å². The summed E-state index contributed by atoms with van der Waals surface area (Å²) in [5.74, 6) is 1.88. The van der Waals surface area contributed by atoms with Crippen molar-refractivity contribution in [3.8, 4) is 0 Å². The first kappa shape index (κ1) is 18.1. The molecule has 2 heterocycles. The lowest BCUT2D eigenvalue weighted by Gasteiger charge is -2.49. The van der Waals surface area contributed by atoms with E-state index in [0.717, 1.165) is 45.7 Å². The topological polar surface area (TPSA) is 53.1 Å². The Morgan fingerprint density at radius 3 is 2.35 bits per heavy atom. The normalized spacial score (nSPS) is 38.2. The molecule has 2 aliphatic heterocycles. The Labute approximate surface area is 156 Å². The maximum atomic E-state index is 12.6. The van der Waals surface area contributed by atoms with Crippen LogP contribution >= 0.6 is 0 Å². The van der Waals surface area contributed by atoms with Gasteiger partial charge in [-0.3, -0.25) is 9.69 Å². The van der Waals surface area contributed by atoms with E-state index in [1.54, 1.807) is 0 Å². The van der Waals surface area contributed by atoms with Crippen LogP contribution in [-0.4, -0.2) is 78.6 Å². The van der Waals surface area contributed by atoms with Gasteiger partial charge >= 0.3 is 6.09 Å². The number of nitrogens with zero attached hydrogens (tertiary/aromatic N) is 3. The van der Waals surface area contributed by atoms with Crippen molar-refractivity contribution in [3.63, 3.8) is 0 Å². The van der Waals surface area contributed by atoms with Crippen molar-refractivity contribution in [2.75, 3.05) is 45.9 Å². The van der Waals surface area contributed by atoms with E-state index >= 15 is 0 Å². The summed E-state index contributed by atoms with van der Waals surface area (Å²) in [6, 6.07) is 0.661. The standard InChI is InChI=1S/C20H33N3O3/c1-4-21(5-2)18(24)17-15-11-23(12-16(15)17)14-9-20(10-14)7-8-22(13-20)19(25)26-6-3/h14-17H,4-13H2,1-3H3/t14?,15-,16+,17-,20?. The molecule has 0 bridgehead atoms. The lowest BCUT2D eigenvalue weighted by molar-refractivity contribution is -0.133. The number of amides is 2. The zero-order valence-corrected chi connectivity index (χ0v) is 16.4. The van der Waals surface area contributed by atoms with Crippen molar-refractivity contribution < 1.29 is 14.3 Å². The second-order valence-electron chi connectivity index (χ2n) is 8.75. The zero-order valence-electron chi connectivity index (χ0n) is 16.4. The van der Waals surface area contributed by atoms with Crippen LogP contribution in [0.1, 0.15) is 40.0 Å². The van der Waals surface area contributed by atoms with Crippen LogP contribution in [0.15, 0.2) is 0 Å². The van der Waals surface area contributed by atoms with Crippen molar-refractivity contribution in [1.29, 1.82) is 0 Å². The predicted molar refractivity (Wildman–Crippen MR) is 98.6 cm³/mol. The summed E-state index contributed by atoms with van der Waals surface area (Å²) in [5.41, 5.74) is 0.334. The maximum Gasteiger partial charge on any atom is 0.409 e. The second-order valence-corrected chi connectivity index (χ2v) is 8.75. The Morgan fingerprint density at radius 2 is 1.77 bits per heavy atom. The number of piperidine rings is 1. The van der Waals surface area contributed by atoms with Crippen LogP contribution in [0.5, 0.6) is 0 Å². The van der Waals surface area contributed by atoms with Crippen molar-refractivity contribution in [2.45, 2.75) is 46.1 Å². The van der Waals surface area contributed by atoms with E-state index in [2.05, 4.69) is 18.7 Å². The molecule has 0 aromatic carbocycles. The summed E-state index contributed by atoms with van der Waals surface area (Å²) in [6.07, 6.45) is 3.38. The number of hydrogen-bond acceptors (Lipinski definition) is 4. The smallest absolute Gasteiger partial charge is 0.409 e. The molecule has 0 radical (unpaired) electrons. The molecule has 0 aromatic rings. The molecule has 0 N–H and O–H groups in total. The minimum Gasteiger partial charge on any atom is -0.450 e. The number of carbonyl (C=O) groups is 2. The maximum absolute atomic E-state index is 12.6. The number of rotatable bonds is 5. The van der Waals surface area contributed by atoms with Gasteiger partial charge in [-0.1, -0.05) is 0 Å². The summed E-state index contributed by atoms with van der Waals surface area (Å²) in [4.78, 5) is 31.0. The molecule has 6 heteroatoms. The molecule has 0 aromatic heterocycles. The van der Waals surface area contributed by atoms with Gasteiger partial charge in [0.2, 0.25) is 5.91 Å². The number of hydrogen-bond donors (Lipinski definition) is 0. The summed E-state index contributed by atoms with van der Waals surface area (Å²) >= 11 is 0. The van der Waals surface area contributed by atoms with Crippen molar-refractivity contribution in [2.24, 2.45) is 23.2 Å². The van der Waals surface area contributed by atoms with Gasteiger partial charge in [-0.25, -0.2) is 4.79 Å². The number of fused-ring (bicyclic) bond motifs is 1. The fourth-order valence-electron chi connectivity index (χ4n) is 5.81. The second kappa shape index (κ2) is 6.70. The van der Waals surface area contributed by atoms with E-state index in [4.69, 9.17) is 4.74 Å². The Bertz CT molecular complexity index is 559. The first-order valence-electron chi connectivity index (χ1n) is 10.5. The highest BCUT2D eigenvalue weighted by molar-refractivity contribution is 5.82. The molecule has 4 aliphatic rings. The van der Waals surface area contributed by atoms with Gasteiger partial charge in [0, 0.05) is 51.2 Å². The number of likely N-dealkylation sites (tertiary alicyclic amines) is 2. The Balaban J connectivity index is 1.23. The van der Waals surface area contributed by atoms with Gasteiger partial charge in [-0.2, -0.15) is 0 Å². The Kier molecular flexibility index (Phi) is 4.66. The van der Waals surface area contributed by atoms with Crippen LogP contribution in [0.3, 0.4) is 0 Å². The van der Waals surface area contributed by atoms with Gasteiger partial charge in [0.25, 0.3) is 0 Å². The van der Waals surface area contributed by atoms with Gasteiger partial charge in [0.1, 0.15) is 0 Å². The lowest BCUT2D eigenvalue weighted by Crippen LogP contribution is -2.52. The summed E-state index contributed by atoms with van der Waals surface area (Å²) in [6.45, 7) is 12.0. The van der Waals surface area contributed by atoms with Crippen LogP contribution in [-0.2, 0) is 9.53 Å². The van der Waals surface area contributed by atoms with E-state index in [-0.39, 0.29) is 6.09 Å². The van der Waals surface area contributed by atoms with Crippen LogP contribution in [0, 0.1) is 23.2 Å². The van der Waals surface area contributed by atoms with E-state index in [0.29, 0.717) is 41.7 Å². The average Bonchev–Trinajstić information content (AvgIpc) is 2.97. The summed E-state index contributed by atoms with van der Waals surface area (Å²) in [7, 11) is 0. The molecule has 146 valence electrons. The number of ether oxygens (including phenoxy) is 1. The van der Waals surface area contributed by atoms with Crippen molar-refractivity contribution in [3.05, 3.63) is 0 Å². The third-order valence-electron chi connectivity index (χ3n) is 7.40. The molecule has 6 nitrogen and oxygen atoms in total. The molecule has 2 saturated carbocycles. The first-order chi connectivity index (χ1) is 12.5. The molecule has 4 fully saturated rings. The molecule has 0 unspecified atom stereocenters. The molecular formula is C20H33N3O3. The minimum atomic E-state index is -0.145. The highest BCUT2D eigenvalue weighted by Gasteiger charge is 2.62. The summed E-state index contributed by atoms with van der Waals surface area (Å²) < 4.78 is 5.15. The Hall–Kier alpha value is -1.30. The minimum absolute atomic E-state index is 0.145. The van der Waals surface area contributed by atoms with E-state index < -0.39 is 0 Å². The predicted octanol–water partition coefficient (Wildman–Crippen LogP) is 2.04. The summed E-state index contributed by atoms with van der Waals surface area (Å²) in [5, 5.41) is 0. The molecule has 3 atom stereocenters. The number of carbonyl (C=O) groups excluding carboxylic acids is 2. The third-order valence-corrected chi connectivity index (χ3v) is 7.40. The van der Waals surface area contributed by atoms with E-state index in [9.17, 15) is 9.59 Å². The largest absolute Gasteiger partial charge is 0.450 e. The molecule has 2 saturated heterocycles. The van der Waals surface area contributed by atoms with E-state index in [1.165, 1.54) is 12.8 Å². The molecule has 4 rings (SSSR count). The van der Waals surface area contributed by atoms with Gasteiger partial charge in [-0.15, -0.1) is 0 Å². The van der Waals surface area contributed by atoms with Crippen molar-refractivity contribution >= 4 is 12.0 Å². The average molecular weight is 364 g/mol. The fourth-order valence-corrected chi connectivity index (χ4v) is 5.81. The van der Waals surface area contributed by atoms with Gasteiger partial charge in [0.15, 0.2) is 0 Å². The van der Waals surface area contributed by atoms with Gasteiger partial charge in [-0.05, 0) is 57.3 Å². The molecular weight excluding hydrogens is 330 g/mol. The molecule has 1 spiro atoms. The fraction of sp³-hybridized carbons (Fsp3) is 0.900.